The van der Waals surface area contributed by atoms with Crippen molar-refractivity contribution in [2.45, 2.75) is 37.6 Å². The van der Waals surface area contributed by atoms with Gasteiger partial charge in [-0.3, -0.25) is 0 Å². The molecular formula is C24H26N2O3S. The van der Waals surface area contributed by atoms with Crippen molar-refractivity contribution in [2.75, 3.05) is 7.11 Å². The maximum Gasteiger partial charge on any atom is 0.241 e. The maximum absolute atomic E-state index is 13.2. The van der Waals surface area contributed by atoms with Crippen LogP contribution in [0.3, 0.4) is 0 Å². The van der Waals surface area contributed by atoms with Crippen molar-refractivity contribution in [3.05, 3.63) is 100 Å². The van der Waals surface area contributed by atoms with E-state index in [2.05, 4.69) is 15.8 Å². The van der Waals surface area contributed by atoms with Gasteiger partial charge in [0.1, 0.15) is 0 Å². The van der Waals surface area contributed by atoms with Crippen molar-refractivity contribution in [1.29, 1.82) is 0 Å². The minimum atomic E-state index is -3.71. The smallest absolute Gasteiger partial charge is 0.241 e. The summed E-state index contributed by atoms with van der Waals surface area (Å²) in [6, 6.07) is 16.3. The molecule has 0 fully saturated rings. The number of benzene rings is 2. The Labute approximate surface area is 177 Å². The fourth-order valence-corrected chi connectivity index (χ4v) is 4.91. The van der Waals surface area contributed by atoms with Gasteiger partial charge in [-0.05, 0) is 49.2 Å². The Morgan fingerprint density at radius 3 is 2.27 bits per heavy atom. The first-order valence-corrected chi connectivity index (χ1v) is 11.4. The second kappa shape index (κ2) is 8.13. The Morgan fingerprint density at radius 2 is 1.63 bits per heavy atom. The van der Waals surface area contributed by atoms with E-state index in [1.165, 1.54) is 0 Å². The lowest BCUT2D eigenvalue weighted by atomic mass is 10.0. The van der Waals surface area contributed by atoms with Gasteiger partial charge in [-0.2, -0.15) is 4.72 Å². The second-order valence-electron chi connectivity index (χ2n) is 7.76. The maximum atomic E-state index is 13.2. The minimum absolute atomic E-state index is 0.255. The Morgan fingerprint density at radius 1 is 1.00 bits per heavy atom. The number of methoxy groups -OCH3 is 1. The van der Waals surface area contributed by atoms with Crippen LogP contribution in [0.5, 0.6) is 0 Å². The minimum Gasteiger partial charge on any atom is -0.501 e. The summed E-state index contributed by atoms with van der Waals surface area (Å²) in [6.45, 7) is 3.95. The van der Waals surface area contributed by atoms with Crippen LogP contribution in [0.4, 0.5) is 0 Å². The molecule has 0 aliphatic heterocycles. The Bertz CT molecular complexity index is 1170. The first-order valence-electron chi connectivity index (χ1n) is 9.95. The highest BCUT2D eigenvalue weighted by atomic mass is 32.2. The van der Waals surface area contributed by atoms with E-state index >= 15 is 0 Å². The number of rotatable bonds is 6. The van der Waals surface area contributed by atoms with Gasteiger partial charge in [0.2, 0.25) is 10.0 Å². The molecular weight excluding hydrogens is 396 g/mol. The van der Waals surface area contributed by atoms with Crippen LogP contribution in [0.1, 0.15) is 39.7 Å². The number of nitrogens with one attached hydrogen (secondary N) is 2. The standard InChI is InChI=1S/C24H26N2O3S/c1-16-4-8-18(9-5-16)24(26-30(27,28)21-11-6-17(2)7-12-21)23-15-19-14-20(29-3)10-13-22(19)25-23/h4-12,15,24-26H,13-14H2,1-3H3. The molecule has 1 aromatic heterocycles. The van der Waals surface area contributed by atoms with E-state index in [-0.39, 0.29) is 4.90 Å². The molecule has 30 heavy (non-hydrogen) atoms. The van der Waals surface area contributed by atoms with E-state index in [1.54, 1.807) is 31.4 Å². The summed E-state index contributed by atoms with van der Waals surface area (Å²) >= 11 is 0. The SMILES string of the molecule is COC1=CCc2[nH]c(C(NS(=O)(=O)c3ccc(C)cc3)c3ccc(C)cc3)cc2C1. The zero-order valence-corrected chi connectivity index (χ0v) is 18.2. The van der Waals surface area contributed by atoms with Crippen LogP contribution in [0.25, 0.3) is 0 Å². The van der Waals surface area contributed by atoms with Crippen LogP contribution in [-0.4, -0.2) is 20.5 Å². The summed E-state index contributed by atoms with van der Waals surface area (Å²) in [7, 11) is -2.03. The van der Waals surface area contributed by atoms with E-state index < -0.39 is 16.1 Å². The number of ether oxygens (including phenoxy) is 1. The second-order valence-corrected chi connectivity index (χ2v) is 9.48. The van der Waals surface area contributed by atoms with Gasteiger partial charge in [-0.1, -0.05) is 47.5 Å². The predicted octanol–water partition coefficient (Wildman–Crippen LogP) is 4.33. The first kappa shape index (κ1) is 20.4. The number of aromatic amines is 1. The Hall–Kier alpha value is -2.83. The molecule has 1 aliphatic rings. The highest BCUT2D eigenvalue weighted by molar-refractivity contribution is 7.89. The largest absolute Gasteiger partial charge is 0.501 e. The number of sulfonamides is 1. The van der Waals surface area contributed by atoms with Gasteiger partial charge in [0.05, 0.1) is 23.8 Å². The summed E-state index contributed by atoms with van der Waals surface area (Å²) in [5, 5.41) is 0. The Kier molecular flexibility index (Phi) is 5.54. The summed E-state index contributed by atoms with van der Waals surface area (Å²) in [5.41, 5.74) is 6.08. The van der Waals surface area contributed by atoms with E-state index in [1.807, 2.05) is 44.2 Å². The molecule has 0 spiro atoms. The summed E-state index contributed by atoms with van der Waals surface area (Å²) in [6.07, 6.45) is 3.50. The first-order chi connectivity index (χ1) is 14.4. The van der Waals surface area contributed by atoms with Gasteiger partial charge in [0.25, 0.3) is 0 Å². The molecule has 156 valence electrons. The van der Waals surface area contributed by atoms with Crippen molar-refractivity contribution >= 4 is 10.0 Å². The van der Waals surface area contributed by atoms with E-state index in [0.717, 1.165) is 45.8 Å². The zero-order chi connectivity index (χ0) is 21.3. The third-order valence-corrected chi connectivity index (χ3v) is 6.94. The van der Waals surface area contributed by atoms with Crippen LogP contribution in [0, 0.1) is 13.8 Å². The lowest BCUT2D eigenvalue weighted by molar-refractivity contribution is 0.280. The van der Waals surface area contributed by atoms with Gasteiger partial charge in [-0.15, -0.1) is 0 Å². The highest BCUT2D eigenvalue weighted by Gasteiger charge is 2.26. The number of hydrogen-bond donors (Lipinski definition) is 2. The topological polar surface area (TPSA) is 71.2 Å². The third-order valence-electron chi connectivity index (χ3n) is 5.50. The van der Waals surface area contributed by atoms with Gasteiger partial charge >= 0.3 is 0 Å². The number of allylic oxidation sites excluding steroid dienone is 2. The molecule has 0 amide bonds. The number of H-pyrrole nitrogens is 1. The highest BCUT2D eigenvalue weighted by Crippen LogP contribution is 2.29. The quantitative estimate of drug-likeness (QED) is 0.621. The van der Waals surface area contributed by atoms with E-state index in [4.69, 9.17) is 4.74 Å². The molecule has 2 aromatic carbocycles. The molecule has 0 saturated heterocycles. The number of fused-ring (bicyclic) bond motifs is 1. The molecule has 1 aliphatic carbocycles. The van der Waals surface area contributed by atoms with E-state index in [9.17, 15) is 8.42 Å². The summed E-state index contributed by atoms with van der Waals surface area (Å²) < 4.78 is 34.6. The fourth-order valence-electron chi connectivity index (χ4n) is 3.70. The van der Waals surface area contributed by atoms with Crippen molar-refractivity contribution < 1.29 is 13.2 Å². The molecule has 1 heterocycles. The van der Waals surface area contributed by atoms with Crippen LogP contribution < -0.4 is 4.72 Å². The number of aryl methyl sites for hydroxylation is 2. The van der Waals surface area contributed by atoms with Gasteiger partial charge in [0, 0.05) is 24.2 Å². The molecule has 1 unspecified atom stereocenters. The molecule has 0 saturated carbocycles. The molecule has 1 atom stereocenters. The predicted molar refractivity (Wildman–Crippen MR) is 118 cm³/mol. The number of aromatic nitrogens is 1. The lowest BCUT2D eigenvalue weighted by Gasteiger charge is -2.19. The van der Waals surface area contributed by atoms with Crippen molar-refractivity contribution in [3.8, 4) is 0 Å². The zero-order valence-electron chi connectivity index (χ0n) is 17.4. The van der Waals surface area contributed by atoms with E-state index in [0.29, 0.717) is 6.42 Å². The van der Waals surface area contributed by atoms with Gasteiger partial charge in [-0.25, -0.2) is 8.42 Å². The summed E-state index contributed by atoms with van der Waals surface area (Å²) in [5.74, 6) is 0.931. The average molecular weight is 423 g/mol. The molecule has 2 N–H and O–H groups in total. The molecule has 4 rings (SSSR count). The van der Waals surface area contributed by atoms with Crippen LogP contribution in [0.2, 0.25) is 0 Å². The summed E-state index contributed by atoms with van der Waals surface area (Å²) in [4.78, 5) is 3.70. The molecule has 0 bridgehead atoms. The van der Waals surface area contributed by atoms with Gasteiger partial charge in [0.15, 0.2) is 0 Å². The normalized spacial score (nSPS) is 14.7. The Balaban J connectivity index is 1.72. The van der Waals surface area contributed by atoms with Crippen molar-refractivity contribution in [2.24, 2.45) is 0 Å². The van der Waals surface area contributed by atoms with Crippen LogP contribution >= 0.6 is 0 Å². The van der Waals surface area contributed by atoms with Crippen LogP contribution in [0.15, 0.2) is 71.3 Å². The molecule has 6 heteroatoms. The molecule has 3 aromatic rings. The monoisotopic (exact) mass is 422 g/mol. The molecule has 5 nitrogen and oxygen atoms in total. The lowest BCUT2D eigenvalue weighted by Crippen LogP contribution is -2.29. The van der Waals surface area contributed by atoms with Crippen molar-refractivity contribution in [3.63, 3.8) is 0 Å². The third kappa shape index (κ3) is 4.20. The molecule has 0 radical (unpaired) electrons. The van der Waals surface area contributed by atoms with Crippen LogP contribution in [-0.2, 0) is 27.6 Å². The van der Waals surface area contributed by atoms with Gasteiger partial charge < -0.3 is 9.72 Å². The number of hydrogen-bond acceptors (Lipinski definition) is 3. The fraction of sp³-hybridized carbons (Fsp3) is 0.250. The average Bonchev–Trinajstić information content (AvgIpc) is 3.16. The van der Waals surface area contributed by atoms with Crippen molar-refractivity contribution in [1.82, 2.24) is 9.71 Å².